The van der Waals surface area contributed by atoms with Crippen LogP contribution in [0.25, 0.3) is 0 Å². The maximum absolute atomic E-state index is 12.7. The Bertz CT molecular complexity index is 788. The van der Waals surface area contributed by atoms with E-state index in [-0.39, 0.29) is 36.5 Å². The second-order valence-electron chi connectivity index (χ2n) is 4.13. The van der Waals surface area contributed by atoms with Gasteiger partial charge >= 0.3 is 0 Å². The van der Waals surface area contributed by atoms with Crippen LogP contribution in [-0.4, -0.2) is 15.5 Å². The van der Waals surface area contributed by atoms with Crippen LogP contribution in [-0.2, 0) is 0 Å². The van der Waals surface area contributed by atoms with E-state index in [0.717, 1.165) is 11.1 Å². The van der Waals surface area contributed by atoms with Crippen molar-refractivity contribution in [2.75, 3.05) is 0 Å². The predicted octanol–water partition coefficient (Wildman–Crippen LogP) is 6.07. The normalized spacial score (nSPS) is 11.5. The van der Waals surface area contributed by atoms with Crippen LogP contribution in [0.3, 0.4) is 0 Å². The Morgan fingerprint density at radius 1 is 1.00 bits per heavy atom. The third-order valence-electron chi connectivity index (χ3n) is 2.70. The zero-order valence-electron chi connectivity index (χ0n) is 11.7. The SMILES string of the molecule is N#CC(C(=O)c1ccccc1)=C(C(=S)C(Cl)=CCl)C(=S)C(Cl)=CCl. The molecule has 8 heteroatoms. The van der Waals surface area contributed by atoms with Crippen LogP contribution in [0.1, 0.15) is 10.4 Å². The lowest BCUT2D eigenvalue weighted by Crippen LogP contribution is -2.17. The van der Waals surface area contributed by atoms with Crippen molar-refractivity contribution >= 4 is 86.4 Å². The molecule has 0 aliphatic heterocycles. The van der Waals surface area contributed by atoms with Gasteiger partial charge in [0.2, 0.25) is 5.78 Å². The van der Waals surface area contributed by atoms with E-state index in [2.05, 4.69) is 0 Å². The molecule has 0 fully saturated rings. The Kier molecular flexibility index (Phi) is 8.79. The quantitative estimate of drug-likeness (QED) is 0.236. The maximum Gasteiger partial charge on any atom is 0.204 e. The van der Waals surface area contributed by atoms with Gasteiger partial charge in [0.15, 0.2) is 0 Å². The summed E-state index contributed by atoms with van der Waals surface area (Å²) in [6.07, 6.45) is 0. The molecule has 0 bridgehead atoms. The monoisotopic (exact) mass is 433 g/mol. The number of halogens is 4. The van der Waals surface area contributed by atoms with E-state index in [9.17, 15) is 10.1 Å². The summed E-state index contributed by atoms with van der Waals surface area (Å²) >= 11 is 33.4. The molecule has 0 saturated carbocycles. The van der Waals surface area contributed by atoms with E-state index in [1.165, 1.54) is 0 Å². The van der Waals surface area contributed by atoms with E-state index in [1.807, 2.05) is 6.07 Å². The van der Waals surface area contributed by atoms with Crippen molar-refractivity contribution < 1.29 is 4.79 Å². The van der Waals surface area contributed by atoms with Gasteiger partial charge in [-0.3, -0.25) is 4.79 Å². The minimum Gasteiger partial charge on any atom is -0.288 e. The molecule has 0 unspecified atom stereocenters. The highest BCUT2D eigenvalue weighted by atomic mass is 35.5. The van der Waals surface area contributed by atoms with E-state index >= 15 is 0 Å². The average molecular weight is 435 g/mol. The Balaban J connectivity index is 3.67. The van der Waals surface area contributed by atoms with Gasteiger partial charge in [0.05, 0.1) is 19.8 Å². The molecule has 1 aromatic carbocycles. The highest BCUT2D eigenvalue weighted by Crippen LogP contribution is 2.25. The first-order valence-corrected chi connectivity index (χ1v) is 8.58. The van der Waals surface area contributed by atoms with E-state index in [1.54, 1.807) is 30.3 Å². The maximum atomic E-state index is 12.7. The summed E-state index contributed by atoms with van der Waals surface area (Å²) in [5.41, 5.74) is 1.93. The van der Waals surface area contributed by atoms with E-state index < -0.39 is 5.78 Å². The number of allylic oxidation sites excluding steroid dienone is 4. The molecule has 24 heavy (non-hydrogen) atoms. The number of carbonyl (C=O) groups excluding carboxylic acids is 1. The van der Waals surface area contributed by atoms with Crippen LogP contribution >= 0.6 is 70.8 Å². The molecule has 0 N–H and O–H groups in total. The Labute approximate surface area is 169 Å². The van der Waals surface area contributed by atoms with Crippen molar-refractivity contribution in [3.05, 3.63) is 68.2 Å². The zero-order valence-corrected chi connectivity index (χ0v) is 16.4. The molecule has 1 aromatic rings. The fraction of sp³-hybridized carbons (Fsp3) is 0. The molecule has 0 atom stereocenters. The van der Waals surface area contributed by atoms with Gasteiger partial charge < -0.3 is 0 Å². The van der Waals surface area contributed by atoms with Crippen molar-refractivity contribution in [2.45, 2.75) is 0 Å². The number of ketones is 1. The molecule has 1 rings (SSSR count). The summed E-state index contributed by atoms with van der Waals surface area (Å²) in [5.74, 6) is -0.573. The van der Waals surface area contributed by atoms with Crippen molar-refractivity contribution in [2.24, 2.45) is 0 Å². The molecule has 0 spiro atoms. The van der Waals surface area contributed by atoms with Crippen molar-refractivity contribution in [1.29, 1.82) is 5.26 Å². The molecule has 2 nitrogen and oxygen atoms in total. The summed E-state index contributed by atoms with van der Waals surface area (Å²) in [6, 6.07) is 10.00. The number of carbonyl (C=O) groups is 1. The standard InChI is InChI=1S/C16H7Cl4NOS2/c17-6-11(19)15(23)13(16(24)12(20)7-18)10(8-21)14(22)9-4-2-1-3-5-9/h1-7H. The smallest absolute Gasteiger partial charge is 0.204 e. The van der Waals surface area contributed by atoms with Gasteiger partial charge in [-0.2, -0.15) is 5.26 Å². The number of rotatable bonds is 6. The minimum absolute atomic E-state index is 0.0586. The first-order valence-electron chi connectivity index (χ1n) is 6.14. The van der Waals surface area contributed by atoms with Crippen LogP contribution in [0.5, 0.6) is 0 Å². The molecular formula is C16H7Cl4NOS2. The molecular weight excluding hydrogens is 428 g/mol. The lowest BCUT2D eigenvalue weighted by atomic mass is 9.95. The van der Waals surface area contributed by atoms with Crippen LogP contribution in [0.15, 0.2) is 62.6 Å². The largest absolute Gasteiger partial charge is 0.288 e. The number of benzene rings is 1. The third-order valence-corrected chi connectivity index (χ3v) is 5.03. The van der Waals surface area contributed by atoms with Gasteiger partial charge in [0, 0.05) is 22.2 Å². The summed E-state index contributed by atoms with van der Waals surface area (Å²) in [5, 5.41) is 9.38. The molecule has 0 amide bonds. The van der Waals surface area contributed by atoms with Gasteiger partial charge in [-0.15, -0.1) is 0 Å². The van der Waals surface area contributed by atoms with Crippen LogP contribution in [0.2, 0.25) is 0 Å². The number of Topliss-reactive ketones (excluding diaryl/α,β-unsaturated/α-hetero) is 1. The van der Waals surface area contributed by atoms with Gasteiger partial charge in [-0.05, 0) is 0 Å². The van der Waals surface area contributed by atoms with Crippen LogP contribution in [0, 0.1) is 11.3 Å². The number of nitriles is 1. The lowest BCUT2D eigenvalue weighted by Gasteiger charge is -2.12. The van der Waals surface area contributed by atoms with Gasteiger partial charge in [0.25, 0.3) is 0 Å². The molecule has 0 saturated heterocycles. The summed E-state index contributed by atoms with van der Waals surface area (Å²) in [4.78, 5) is 12.5. The molecule has 0 radical (unpaired) electrons. The second-order valence-corrected chi connectivity index (χ2v) is 6.20. The van der Waals surface area contributed by atoms with E-state index in [0.29, 0.717) is 0 Å². The Morgan fingerprint density at radius 2 is 1.46 bits per heavy atom. The summed E-state index contributed by atoms with van der Waals surface area (Å²) in [6.45, 7) is 0. The Hall–Kier alpha value is -1.06. The molecule has 0 aliphatic carbocycles. The first-order chi connectivity index (χ1) is 11.4. The van der Waals surface area contributed by atoms with Crippen LogP contribution < -0.4 is 0 Å². The number of nitrogens with zero attached hydrogens (tertiary/aromatic N) is 1. The summed E-state index contributed by atoms with van der Waals surface area (Å²) in [7, 11) is 0. The zero-order chi connectivity index (χ0) is 18.3. The highest BCUT2D eigenvalue weighted by Gasteiger charge is 2.25. The van der Waals surface area contributed by atoms with Crippen LogP contribution in [0.4, 0.5) is 0 Å². The van der Waals surface area contributed by atoms with Gasteiger partial charge in [0.1, 0.15) is 11.6 Å². The van der Waals surface area contributed by atoms with Crippen molar-refractivity contribution in [3.63, 3.8) is 0 Å². The fourth-order valence-corrected chi connectivity index (χ4v) is 2.75. The second kappa shape index (κ2) is 10.0. The van der Waals surface area contributed by atoms with Crippen molar-refractivity contribution in [1.82, 2.24) is 0 Å². The first kappa shape index (κ1) is 21.0. The molecule has 0 heterocycles. The van der Waals surface area contributed by atoms with Gasteiger partial charge in [-0.25, -0.2) is 0 Å². The predicted molar refractivity (Wildman–Crippen MR) is 108 cm³/mol. The number of thiocarbonyl (C=S) groups is 2. The number of hydrogen-bond donors (Lipinski definition) is 0. The molecule has 122 valence electrons. The topological polar surface area (TPSA) is 40.9 Å². The van der Waals surface area contributed by atoms with Crippen molar-refractivity contribution in [3.8, 4) is 6.07 Å². The number of hydrogen-bond acceptors (Lipinski definition) is 4. The molecule has 0 aliphatic rings. The highest BCUT2D eigenvalue weighted by molar-refractivity contribution is 7.83. The minimum atomic E-state index is -0.573. The fourth-order valence-electron chi connectivity index (χ4n) is 1.62. The Morgan fingerprint density at radius 3 is 1.83 bits per heavy atom. The third kappa shape index (κ3) is 4.97. The van der Waals surface area contributed by atoms with Gasteiger partial charge in [-0.1, -0.05) is 101 Å². The summed E-state index contributed by atoms with van der Waals surface area (Å²) < 4.78 is 0. The molecule has 0 aromatic heterocycles. The van der Waals surface area contributed by atoms with E-state index in [4.69, 9.17) is 70.8 Å². The lowest BCUT2D eigenvalue weighted by molar-refractivity contribution is 0.103. The average Bonchev–Trinajstić information content (AvgIpc) is 2.63.